The number of nitrogens with zero attached hydrogens (tertiary/aromatic N) is 2. The van der Waals surface area contributed by atoms with Crippen molar-refractivity contribution in [1.82, 2.24) is 4.57 Å². The Balaban J connectivity index is 2.70. The molecule has 1 aromatic heterocycles. The fraction of sp³-hybridized carbons (Fsp3) is 0.333. The second-order valence-electron chi connectivity index (χ2n) is 2.79. The molecule has 0 bridgehead atoms. The fourth-order valence-electron chi connectivity index (χ4n) is 1.11. The summed E-state index contributed by atoms with van der Waals surface area (Å²) in [5, 5.41) is 8.69. The van der Waals surface area contributed by atoms with Gasteiger partial charge in [0.05, 0.1) is 7.11 Å². The Labute approximate surface area is 81.7 Å². The molecule has 1 aromatic rings. The number of ether oxygens (including phenoxy) is 1. The molecule has 0 aliphatic rings. The average Bonchev–Trinajstić information content (AvgIpc) is 2.63. The van der Waals surface area contributed by atoms with E-state index in [0.29, 0.717) is 5.69 Å². The van der Waals surface area contributed by atoms with E-state index in [1.807, 2.05) is 6.07 Å². The van der Waals surface area contributed by atoms with Crippen LogP contribution in [0.25, 0.3) is 0 Å². The highest BCUT2D eigenvalue weighted by Gasteiger charge is 2.14. The molecule has 0 aliphatic carbocycles. The molecule has 1 heterocycles. The van der Waals surface area contributed by atoms with Crippen molar-refractivity contribution < 1.29 is 9.53 Å². The van der Waals surface area contributed by atoms with Crippen LogP contribution in [0.1, 0.15) is 5.69 Å². The van der Waals surface area contributed by atoms with Gasteiger partial charge in [0, 0.05) is 12.7 Å². The van der Waals surface area contributed by atoms with Crippen molar-refractivity contribution in [3.05, 3.63) is 24.0 Å². The summed E-state index contributed by atoms with van der Waals surface area (Å²) in [5.74, 6) is -0.484. The van der Waals surface area contributed by atoms with E-state index in [-0.39, 0.29) is 6.54 Å². The Bertz CT molecular complexity index is 364. The molecule has 5 heteroatoms. The summed E-state index contributed by atoms with van der Waals surface area (Å²) in [4.78, 5) is 11.0. The van der Waals surface area contributed by atoms with Crippen LogP contribution in [0.15, 0.2) is 18.3 Å². The minimum absolute atomic E-state index is 0.253. The fourth-order valence-corrected chi connectivity index (χ4v) is 1.11. The Morgan fingerprint density at radius 1 is 1.86 bits per heavy atom. The van der Waals surface area contributed by atoms with E-state index in [4.69, 9.17) is 11.0 Å². The van der Waals surface area contributed by atoms with E-state index in [9.17, 15) is 4.79 Å². The number of methoxy groups -OCH3 is 1. The molecule has 1 atom stereocenters. The maximum absolute atomic E-state index is 11.0. The summed E-state index contributed by atoms with van der Waals surface area (Å²) in [5.41, 5.74) is 6.01. The normalized spacial score (nSPS) is 11.8. The van der Waals surface area contributed by atoms with Crippen LogP contribution in [0.3, 0.4) is 0 Å². The van der Waals surface area contributed by atoms with E-state index >= 15 is 0 Å². The summed E-state index contributed by atoms with van der Waals surface area (Å²) in [6.45, 7) is 0.253. The van der Waals surface area contributed by atoms with E-state index < -0.39 is 12.0 Å². The number of carbonyl (C=O) groups excluding carboxylic acids is 1. The lowest BCUT2D eigenvalue weighted by molar-refractivity contribution is -0.142. The predicted octanol–water partition coefficient (Wildman–Crippen LogP) is -0.140. The van der Waals surface area contributed by atoms with Gasteiger partial charge >= 0.3 is 5.97 Å². The number of hydrogen-bond acceptors (Lipinski definition) is 4. The molecule has 5 nitrogen and oxygen atoms in total. The van der Waals surface area contributed by atoms with Crippen molar-refractivity contribution in [2.24, 2.45) is 5.73 Å². The number of aromatic nitrogens is 1. The molecule has 2 N–H and O–H groups in total. The Morgan fingerprint density at radius 3 is 3.14 bits per heavy atom. The van der Waals surface area contributed by atoms with Crippen LogP contribution in [0.5, 0.6) is 0 Å². The second-order valence-corrected chi connectivity index (χ2v) is 2.79. The van der Waals surface area contributed by atoms with E-state index in [2.05, 4.69) is 4.74 Å². The summed E-state index contributed by atoms with van der Waals surface area (Å²) in [7, 11) is 1.28. The standard InChI is InChI=1S/C9H11N3O2/c1-14-9(13)8(11)6-12-4-2-3-7(12)5-10/h2-4,8H,6,11H2,1H3. The van der Waals surface area contributed by atoms with Crippen LogP contribution in [0, 0.1) is 11.3 Å². The van der Waals surface area contributed by atoms with Gasteiger partial charge < -0.3 is 15.0 Å². The topological polar surface area (TPSA) is 81.0 Å². The average molecular weight is 193 g/mol. The first-order valence-electron chi connectivity index (χ1n) is 4.07. The first kappa shape index (κ1) is 10.3. The molecule has 0 amide bonds. The molecule has 0 fully saturated rings. The highest BCUT2D eigenvalue weighted by Crippen LogP contribution is 2.01. The Morgan fingerprint density at radius 2 is 2.57 bits per heavy atom. The SMILES string of the molecule is COC(=O)C(N)Cn1cccc1C#N. The quantitative estimate of drug-likeness (QED) is 0.677. The molecule has 0 radical (unpaired) electrons. The minimum Gasteiger partial charge on any atom is -0.468 e. The molecular formula is C9H11N3O2. The third-order valence-corrected chi connectivity index (χ3v) is 1.84. The van der Waals surface area contributed by atoms with Crippen LogP contribution in [-0.2, 0) is 16.1 Å². The summed E-state index contributed by atoms with van der Waals surface area (Å²) < 4.78 is 6.09. The summed E-state index contributed by atoms with van der Waals surface area (Å²) >= 11 is 0. The molecule has 1 rings (SSSR count). The molecular weight excluding hydrogens is 182 g/mol. The van der Waals surface area contributed by atoms with Gasteiger partial charge in [0.15, 0.2) is 0 Å². The molecule has 14 heavy (non-hydrogen) atoms. The van der Waals surface area contributed by atoms with Crippen LogP contribution >= 0.6 is 0 Å². The lowest BCUT2D eigenvalue weighted by Crippen LogP contribution is -2.35. The van der Waals surface area contributed by atoms with Gasteiger partial charge in [-0.3, -0.25) is 4.79 Å². The Kier molecular flexibility index (Phi) is 3.26. The van der Waals surface area contributed by atoms with Crippen LogP contribution in [-0.4, -0.2) is 23.7 Å². The zero-order valence-electron chi connectivity index (χ0n) is 7.80. The third-order valence-electron chi connectivity index (χ3n) is 1.84. The van der Waals surface area contributed by atoms with Crippen molar-refractivity contribution in [2.45, 2.75) is 12.6 Å². The zero-order chi connectivity index (χ0) is 10.6. The smallest absolute Gasteiger partial charge is 0.324 e. The molecule has 0 aliphatic heterocycles. The summed E-state index contributed by atoms with van der Waals surface area (Å²) in [6, 6.07) is 4.64. The number of nitriles is 1. The van der Waals surface area contributed by atoms with Gasteiger partial charge in [-0.1, -0.05) is 0 Å². The van der Waals surface area contributed by atoms with Gasteiger partial charge in [-0.15, -0.1) is 0 Å². The molecule has 74 valence electrons. The molecule has 0 spiro atoms. The lowest BCUT2D eigenvalue weighted by atomic mass is 10.3. The largest absolute Gasteiger partial charge is 0.468 e. The van der Waals surface area contributed by atoms with E-state index in [0.717, 1.165) is 0 Å². The van der Waals surface area contributed by atoms with E-state index in [1.54, 1.807) is 22.9 Å². The number of rotatable bonds is 3. The molecule has 1 unspecified atom stereocenters. The lowest BCUT2D eigenvalue weighted by Gasteiger charge is -2.10. The first-order chi connectivity index (χ1) is 6.69. The van der Waals surface area contributed by atoms with Gasteiger partial charge in [0.25, 0.3) is 0 Å². The first-order valence-corrected chi connectivity index (χ1v) is 4.07. The third kappa shape index (κ3) is 2.12. The highest BCUT2D eigenvalue weighted by atomic mass is 16.5. The predicted molar refractivity (Wildman–Crippen MR) is 49.1 cm³/mol. The maximum atomic E-state index is 11.0. The van der Waals surface area contributed by atoms with Crippen molar-refractivity contribution in [3.8, 4) is 6.07 Å². The van der Waals surface area contributed by atoms with Crippen molar-refractivity contribution in [2.75, 3.05) is 7.11 Å². The second kappa shape index (κ2) is 4.44. The van der Waals surface area contributed by atoms with Crippen LogP contribution in [0.4, 0.5) is 0 Å². The maximum Gasteiger partial charge on any atom is 0.324 e. The van der Waals surface area contributed by atoms with Gasteiger partial charge in [-0.2, -0.15) is 5.26 Å². The number of nitrogens with two attached hydrogens (primary N) is 1. The number of esters is 1. The molecule has 0 aromatic carbocycles. The molecule has 0 saturated carbocycles. The van der Waals surface area contributed by atoms with Crippen LogP contribution < -0.4 is 5.73 Å². The van der Waals surface area contributed by atoms with Gasteiger partial charge in [0.1, 0.15) is 17.8 Å². The van der Waals surface area contributed by atoms with Crippen molar-refractivity contribution in [3.63, 3.8) is 0 Å². The minimum atomic E-state index is -0.737. The number of carbonyl (C=O) groups is 1. The van der Waals surface area contributed by atoms with E-state index in [1.165, 1.54) is 7.11 Å². The van der Waals surface area contributed by atoms with Crippen molar-refractivity contribution in [1.29, 1.82) is 5.26 Å². The highest BCUT2D eigenvalue weighted by molar-refractivity contribution is 5.75. The van der Waals surface area contributed by atoms with Gasteiger partial charge in [0.2, 0.25) is 0 Å². The zero-order valence-corrected chi connectivity index (χ0v) is 7.80. The number of hydrogen-bond donors (Lipinski definition) is 1. The van der Waals surface area contributed by atoms with Gasteiger partial charge in [-0.25, -0.2) is 0 Å². The van der Waals surface area contributed by atoms with Gasteiger partial charge in [-0.05, 0) is 12.1 Å². The monoisotopic (exact) mass is 193 g/mol. The molecule has 0 saturated heterocycles. The van der Waals surface area contributed by atoms with Crippen LogP contribution in [0.2, 0.25) is 0 Å². The summed E-state index contributed by atoms with van der Waals surface area (Å²) in [6.07, 6.45) is 1.70. The Hall–Kier alpha value is -1.80. The van der Waals surface area contributed by atoms with Crippen molar-refractivity contribution >= 4 is 5.97 Å².